The van der Waals surface area contributed by atoms with Gasteiger partial charge >= 0.3 is 0 Å². The molecule has 0 aliphatic carbocycles. The van der Waals surface area contributed by atoms with Crippen LogP contribution >= 0.6 is 0 Å². The van der Waals surface area contributed by atoms with Crippen molar-refractivity contribution in [3.05, 3.63) is 89.0 Å². The molecule has 1 heterocycles. The Balaban J connectivity index is 1.46. The van der Waals surface area contributed by atoms with Crippen LogP contribution in [0.4, 0.5) is 0 Å². The van der Waals surface area contributed by atoms with Crippen molar-refractivity contribution >= 4 is 11.8 Å². The number of benzene rings is 2. The second-order valence-electron chi connectivity index (χ2n) is 6.07. The third kappa shape index (κ3) is 5.14. The summed E-state index contributed by atoms with van der Waals surface area (Å²) in [5.74, 6) is -0.640. The van der Waals surface area contributed by atoms with Gasteiger partial charge in [-0.25, -0.2) is 4.98 Å². The minimum Gasteiger partial charge on any atom is -0.353 e. The summed E-state index contributed by atoms with van der Waals surface area (Å²) in [6, 6.07) is 19.6. The molecule has 0 aliphatic rings. The number of aromatic nitrogens is 2. The fourth-order valence-corrected chi connectivity index (χ4v) is 2.59. The van der Waals surface area contributed by atoms with Crippen LogP contribution in [0.2, 0.25) is 0 Å². The SMILES string of the molecule is O=C(CNC(=O)c1ccccc1)NCCn1cnc(-c2ccccc2)cc1=O. The molecule has 0 atom stereocenters. The zero-order chi connectivity index (χ0) is 19.8. The van der Waals surface area contributed by atoms with Crippen molar-refractivity contribution in [1.29, 1.82) is 0 Å². The predicted octanol–water partition coefficient (Wildman–Crippen LogP) is 1.46. The van der Waals surface area contributed by atoms with Gasteiger partial charge in [0.2, 0.25) is 5.91 Å². The molecule has 142 valence electrons. The quantitative estimate of drug-likeness (QED) is 0.653. The van der Waals surface area contributed by atoms with Gasteiger partial charge in [0.1, 0.15) is 0 Å². The summed E-state index contributed by atoms with van der Waals surface area (Å²) in [4.78, 5) is 40.3. The van der Waals surface area contributed by atoms with Crippen molar-refractivity contribution in [2.45, 2.75) is 6.54 Å². The van der Waals surface area contributed by atoms with Crippen LogP contribution in [-0.4, -0.2) is 34.5 Å². The molecule has 2 N–H and O–H groups in total. The maximum Gasteiger partial charge on any atom is 0.253 e. The highest BCUT2D eigenvalue weighted by molar-refractivity contribution is 5.96. The second-order valence-corrected chi connectivity index (χ2v) is 6.07. The van der Waals surface area contributed by atoms with Crippen LogP contribution in [0.5, 0.6) is 0 Å². The summed E-state index contributed by atoms with van der Waals surface area (Å²) in [5, 5.41) is 5.22. The topological polar surface area (TPSA) is 93.1 Å². The van der Waals surface area contributed by atoms with Crippen LogP contribution in [-0.2, 0) is 11.3 Å². The predicted molar refractivity (Wildman–Crippen MR) is 106 cm³/mol. The van der Waals surface area contributed by atoms with Gasteiger partial charge in [0.15, 0.2) is 0 Å². The molecule has 2 aromatic carbocycles. The minimum absolute atomic E-state index is 0.131. The number of hydrogen-bond donors (Lipinski definition) is 2. The third-order valence-electron chi connectivity index (χ3n) is 4.07. The van der Waals surface area contributed by atoms with Gasteiger partial charge in [-0.1, -0.05) is 48.5 Å². The van der Waals surface area contributed by atoms with Crippen molar-refractivity contribution in [3.8, 4) is 11.3 Å². The highest BCUT2D eigenvalue weighted by atomic mass is 16.2. The van der Waals surface area contributed by atoms with Gasteiger partial charge in [0.05, 0.1) is 18.6 Å². The van der Waals surface area contributed by atoms with Crippen molar-refractivity contribution in [2.75, 3.05) is 13.1 Å². The Morgan fingerprint density at radius 3 is 2.29 bits per heavy atom. The molecule has 0 unspecified atom stereocenters. The first-order chi connectivity index (χ1) is 13.6. The molecule has 1 aromatic heterocycles. The van der Waals surface area contributed by atoms with E-state index >= 15 is 0 Å². The zero-order valence-corrected chi connectivity index (χ0v) is 15.2. The van der Waals surface area contributed by atoms with Crippen LogP contribution in [0.1, 0.15) is 10.4 Å². The van der Waals surface area contributed by atoms with Gasteiger partial charge in [0, 0.05) is 30.3 Å². The van der Waals surface area contributed by atoms with E-state index in [0.29, 0.717) is 17.8 Å². The summed E-state index contributed by atoms with van der Waals surface area (Å²) in [6.07, 6.45) is 1.47. The van der Waals surface area contributed by atoms with E-state index in [-0.39, 0.29) is 30.5 Å². The molecule has 0 fully saturated rings. The van der Waals surface area contributed by atoms with Crippen molar-refractivity contribution in [3.63, 3.8) is 0 Å². The Labute approximate surface area is 162 Å². The van der Waals surface area contributed by atoms with Gasteiger partial charge in [-0.05, 0) is 12.1 Å². The first-order valence-electron chi connectivity index (χ1n) is 8.85. The third-order valence-corrected chi connectivity index (χ3v) is 4.07. The lowest BCUT2D eigenvalue weighted by Crippen LogP contribution is -2.38. The normalized spacial score (nSPS) is 10.3. The molecule has 28 heavy (non-hydrogen) atoms. The highest BCUT2D eigenvalue weighted by Crippen LogP contribution is 2.13. The summed E-state index contributed by atoms with van der Waals surface area (Å²) in [7, 11) is 0. The van der Waals surface area contributed by atoms with Crippen LogP contribution in [0.15, 0.2) is 77.9 Å². The lowest BCUT2D eigenvalue weighted by molar-refractivity contribution is -0.120. The number of nitrogens with zero attached hydrogens (tertiary/aromatic N) is 2. The lowest BCUT2D eigenvalue weighted by atomic mass is 10.1. The fourth-order valence-electron chi connectivity index (χ4n) is 2.59. The maximum absolute atomic E-state index is 12.2. The van der Waals surface area contributed by atoms with E-state index in [9.17, 15) is 14.4 Å². The summed E-state index contributed by atoms with van der Waals surface area (Å²) in [5.41, 5.74) is 1.77. The number of hydrogen-bond acceptors (Lipinski definition) is 4. The molecule has 7 heteroatoms. The van der Waals surface area contributed by atoms with E-state index in [1.165, 1.54) is 17.0 Å². The standard InChI is InChI=1S/C21H20N4O3/c26-19(14-23-21(28)17-9-5-2-6-10-17)22-11-12-25-15-24-18(13-20(25)27)16-7-3-1-4-8-16/h1-10,13,15H,11-12,14H2,(H,22,26)(H,23,28). The smallest absolute Gasteiger partial charge is 0.253 e. The first-order valence-corrected chi connectivity index (χ1v) is 8.85. The molecule has 0 saturated heterocycles. The number of amides is 2. The average molecular weight is 376 g/mol. The molecule has 0 saturated carbocycles. The van der Waals surface area contributed by atoms with Crippen LogP contribution in [0.25, 0.3) is 11.3 Å². The number of rotatable bonds is 7. The minimum atomic E-state index is -0.328. The molecular weight excluding hydrogens is 356 g/mol. The van der Waals surface area contributed by atoms with E-state index in [2.05, 4.69) is 15.6 Å². The lowest BCUT2D eigenvalue weighted by Gasteiger charge is -2.09. The van der Waals surface area contributed by atoms with Crippen molar-refractivity contribution in [2.24, 2.45) is 0 Å². The number of nitrogens with one attached hydrogen (secondary N) is 2. The van der Waals surface area contributed by atoms with E-state index < -0.39 is 0 Å². The van der Waals surface area contributed by atoms with Crippen molar-refractivity contribution < 1.29 is 9.59 Å². The Morgan fingerprint density at radius 2 is 1.61 bits per heavy atom. The average Bonchev–Trinajstić information content (AvgIpc) is 2.74. The molecule has 3 rings (SSSR count). The zero-order valence-electron chi connectivity index (χ0n) is 15.2. The Kier molecular flexibility index (Phi) is 6.30. The molecule has 3 aromatic rings. The summed E-state index contributed by atoms with van der Waals surface area (Å²) < 4.78 is 1.43. The van der Waals surface area contributed by atoms with Gasteiger partial charge < -0.3 is 10.6 Å². The largest absolute Gasteiger partial charge is 0.353 e. The van der Waals surface area contributed by atoms with E-state index in [1.807, 2.05) is 36.4 Å². The second kappa shape index (κ2) is 9.27. The van der Waals surface area contributed by atoms with Gasteiger partial charge in [-0.2, -0.15) is 0 Å². The first kappa shape index (κ1) is 19.0. The molecule has 0 aliphatic heterocycles. The molecule has 2 amide bonds. The molecule has 0 spiro atoms. The van der Waals surface area contributed by atoms with Gasteiger partial charge in [0.25, 0.3) is 11.5 Å². The van der Waals surface area contributed by atoms with E-state index in [1.54, 1.807) is 24.3 Å². The van der Waals surface area contributed by atoms with Crippen molar-refractivity contribution in [1.82, 2.24) is 20.2 Å². The molecule has 7 nitrogen and oxygen atoms in total. The number of carbonyl (C=O) groups excluding carboxylic acids is 2. The van der Waals surface area contributed by atoms with Crippen LogP contribution in [0, 0.1) is 0 Å². The van der Waals surface area contributed by atoms with Gasteiger partial charge in [-0.3, -0.25) is 19.0 Å². The Hall–Kier alpha value is -3.74. The summed E-state index contributed by atoms with van der Waals surface area (Å²) in [6.45, 7) is 0.416. The number of carbonyl (C=O) groups is 2. The van der Waals surface area contributed by atoms with Crippen LogP contribution < -0.4 is 16.2 Å². The van der Waals surface area contributed by atoms with E-state index in [4.69, 9.17) is 0 Å². The fraction of sp³-hybridized carbons (Fsp3) is 0.143. The molecule has 0 bridgehead atoms. The van der Waals surface area contributed by atoms with E-state index in [0.717, 1.165) is 5.56 Å². The Bertz CT molecular complexity index is 1000. The molecular formula is C21H20N4O3. The van der Waals surface area contributed by atoms with Gasteiger partial charge in [-0.15, -0.1) is 0 Å². The Morgan fingerprint density at radius 1 is 0.929 bits per heavy atom. The monoisotopic (exact) mass is 376 g/mol. The molecule has 0 radical (unpaired) electrons. The maximum atomic E-state index is 12.2. The highest BCUT2D eigenvalue weighted by Gasteiger charge is 2.07. The van der Waals surface area contributed by atoms with Crippen LogP contribution in [0.3, 0.4) is 0 Å². The summed E-state index contributed by atoms with van der Waals surface area (Å²) >= 11 is 0.